The van der Waals surface area contributed by atoms with Gasteiger partial charge in [-0.1, -0.05) is 18.2 Å². The molecule has 0 saturated heterocycles. The molecule has 5 nitrogen and oxygen atoms in total. The van der Waals surface area contributed by atoms with Crippen molar-refractivity contribution in [3.05, 3.63) is 60.4 Å². The Morgan fingerprint density at radius 1 is 1.05 bits per heavy atom. The fourth-order valence-corrected chi connectivity index (χ4v) is 3.36. The van der Waals surface area contributed by atoms with Crippen LogP contribution in [0.15, 0.2) is 59.8 Å². The zero-order valence-electron chi connectivity index (χ0n) is 10.3. The van der Waals surface area contributed by atoms with Crippen LogP contribution in [0, 0.1) is 0 Å². The zero-order chi connectivity index (χ0) is 14.2. The second-order valence-corrected chi connectivity index (χ2v) is 6.00. The zero-order valence-corrected chi connectivity index (χ0v) is 11.1. The summed E-state index contributed by atoms with van der Waals surface area (Å²) in [6.45, 7) is 0. The smallest absolute Gasteiger partial charge is 0.269 e. The lowest BCUT2D eigenvalue weighted by Crippen LogP contribution is -2.12. The van der Waals surface area contributed by atoms with Crippen LogP contribution in [0.1, 0.15) is 10.4 Å². The van der Waals surface area contributed by atoms with Gasteiger partial charge >= 0.3 is 0 Å². The lowest BCUT2D eigenvalue weighted by molar-refractivity contribution is 0.112. The first kappa shape index (κ1) is 12.6. The number of aromatic nitrogens is 2. The summed E-state index contributed by atoms with van der Waals surface area (Å²) in [5, 5.41) is 0.516. The minimum Gasteiger partial charge on any atom is -0.298 e. The number of hydrogen-bond acceptors (Lipinski definition) is 4. The van der Waals surface area contributed by atoms with Gasteiger partial charge in [0.1, 0.15) is 0 Å². The van der Waals surface area contributed by atoms with Crippen molar-refractivity contribution in [2.45, 2.75) is 4.90 Å². The molecule has 3 aromatic rings. The van der Waals surface area contributed by atoms with Crippen LogP contribution in [0.25, 0.3) is 11.0 Å². The summed E-state index contributed by atoms with van der Waals surface area (Å²) >= 11 is 0. The van der Waals surface area contributed by atoms with Gasteiger partial charge in [0.05, 0.1) is 4.90 Å². The van der Waals surface area contributed by atoms with Gasteiger partial charge in [-0.3, -0.25) is 4.79 Å². The molecule has 100 valence electrons. The summed E-state index contributed by atoms with van der Waals surface area (Å²) in [6.07, 6.45) is 3.51. The molecule has 2 heterocycles. The van der Waals surface area contributed by atoms with Gasteiger partial charge in [0.25, 0.3) is 10.0 Å². The van der Waals surface area contributed by atoms with E-state index in [4.69, 9.17) is 0 Å². The monoisotopic (exact) mass is 286 g/mol. The topological polar surface area (TPSA) is 69.0 Å². The Balaban J connectivity index is 2.29. The van der Waals surface area contributed by atoms with Crippen molar-refractivity contribution in [3.8, 4) is 0 Å². The molecule has 0 saturated carbocycles. The van der Waals surface area contributed by atoms with E-state index in [1.54, 1.807) is 30.3 Å². The van der Waals surface area contributed by atoms with Crippen molar-refractivity contribution >= 4 is 27.3 Å². The van der Waals surface area contributed by atoms with Crippen molar-refractivity contribution in [1.29, 1.82) is 0 Å². The van der Waals surface area contributed by atoms with E-state index in [1.165, 1.54) is 24.5 Å². The highest BCUT2D eigenvalue weighted by Gasteiger charge is 2.19. The normalized spacial score (nSPS) is 11.6. The van der Waals surface area contributed by atoms with Crippen molar-refractivity contribution in [1.82, 2.24) is 8.96 Å². The number of aldehydes is 1. The highest BCUT2D eigenvalue weighted by atomic mass is 32.2. The number of nitrogens with zero attached hydrogens (tertiary/aromatic N) is 2. The first-order valence-corrected chi connectivity index (χ1v) is 7.30. The van der Waals surface area contributed by atoms with Gasteiger partial charge < -0.3 is 0 Å². The van der Waals surface area contributed by atoms with Gasteiger partial charge in [0.15, 0.2) is 11.9 Å². The van der Waals surface area contributed by atoms with Crippen LogP contribution in [0.4, 0.5) is 0 Å². The SMILES string of the molecule is O=Cc1ccnc2c1ccn2S(=O)(=O)c1ccccc1. The minimum atomic E-state index is -3.71. The molecule has 0 spiro atoms. The van der Waals surface area contributed by atoms with E-state index >= 15 is 0 Å². The summed E-state index contributed by atoms with van der Waals surface area (Å²) in [7, 11) is -3.71. The summed E-state index contributed by atoms with van der Waals surface area (Å²) in [5.74, 6) is 0. The highest BCUT2D eigenvalue weighted by molar-refractivity contribution is 7.90. The fourth-order valence-electron chi connectivity index (χ4n) is 2.04. The maximum atomic E-state index is 12.5. The first-order chi connectivity index (χ1) is 9.64. The van der Waals surface area contributed by atoms with Crippen LogP contribution in [-0.4, -0.2) is 23.7 Å². The van der Waals surface area contributed by atoms with Crippen molar-refractivity contribution < 1.29 is 13.2 Å². The molecular weight excluding hydrogens is 276 g/mol. The Bertz CT molecular complexity index is 883. The maximum Gasteiger partial charge on any atom is 0.269 e. The molecule has 20 heavy (non-hydrogen) atoms. The molecule has 0 aliphatic carbocycles. The molecule has 0 amide bonds. The molecule has 0 bridgehead atoms. The van der Waals surface area contributed by atoms with E-state index in [-0.39, 0.29) is 10.5 Å². The Hall–Kier alpha value is -2.47. The predicted molar refractivity (Wildman–Crippen MR) is 74.1 cm³/mol. The lowest BCUT2D eigenvalue weighted by atomic mass is 10.2. The molecule has 0 radical (unpaired) electrons. The van der Waals surface area contributed by atoms with Gasteiger partial charge in [-0.25, -0.2) is 17.4 Å². The standard InChI is InChI=1S/C14H10N2O3S/c17-10-11-6-8-15-14-13(11)7-9-16(14)20(18,19)12-4-2-1-3-5-12/h1-10H. The molecule has 0 fully saturated rings. The van der Waals surface area contributed by atoms with Crippen LogP contribution < -0.4 is 0 Å². The molecule has 0 unspecified atom stereocenters. The third kappa shape index (κ3) is 1.81. The first-order valence-electron chi connectivity index (χ1n) is 5.86. The predicted octanol–water partition coefficient (Wildman–Crippen LogP) is 2.09. The van der Waals surface area contributed by atoms with Gasteiger partial charge in [-0.05, 0) is 24.3 Å². The third-order valence-electron chi connectivity index (χ3n) is 3.02. The van der Waals surface area contributed by atoms with Gasteiger partial charge in [0, 0.05) is 23.3 Å². The van der Waals surface area contributed by atoms with E-state index in [2.05, 4.69) is 4.98 Å². The molecule has 0 atom stereocenters. The van der Waals surface area contributed by atoms with Crippen molar-refractivity contribution in [2.24, 2.45) is 0 Å². The second kappa shape index (κ2) is 4.57. The average molecular weight is 286 g/mol. The molecule has 2 aromatic heterocycles. The average Bonchev–Trinajstić information content (AvgIpc) is 2.92. The van der Waals surface area contributed by atoms with E-state index in [1.807, 2.05) is 0 Å². The van der Waals surface area contributed by atoms with Crippen LogP contribution >= 0.6 is 0 Å². The number of hydrogen-bond donors (Lipinski definition) is 0. The number of carbonyl (C=O) groups is 1. The minimum absolute atomic E-state index is 0.177. The largest absolute Gasteiger partial charge is 0.298 e. The summed E-state index contributed by atoms with van der Waals surface area (Å²) in [6, 6.07) is 11.2. The Morgan fingerprint density at radius 3 is 2.50 bits per heavy atom. The van der Waals surface area contributed by atoms with Gasteiger partial charge in [-0.2, -0.15) is 0 Å². The molecule has 1 aromatic carbocycles. The van der Waals surface area contributed by atoms with E-state index < -0.39 is 10.0 Å². The van der Waals surface area contributed by atoms with Crippen LogP contribution in [0.2, 0.25) is 0 Å². The molecule has 0 N–H and O–H groups in total. The third-order valence-corrected chi connectivity index (χ3v) is 4.70. The van der Waals surface area contributed by atoms with Crippen LogP contribution in [0.3, 0.4) is 0 Å². The van der Waals surface area contributed by atoms with E-state index in [0.29, 0.717) is 17.2 Å². The quantitative estimate of drug-likeness (QED) is 0.691. The number of benzene rings is 1. The van der Waals surface area contributed by atoms with Crippen molar-refractivity contribution in [2.75, 3.05) is 0 Å². The molecule has 0 aliphatic rings. The van der Waals surface area contributed by atoms with Gasteiger partial charge in [0.2, 0.25) is 0 Å². The summed E-state index contributed by atoms with van der Waals surface area (Å²) in [5.41, 5.74) is 0.662. The number of pyridine rings is 1. The molecule has 6 heteroatoms. The van der Waals surface area contributed by atoms with E-state index in [0.717, 1.165) is 3.97 Å². The molecule has 3 rings (SSSR count). The highest BCUT2D eigenvalue weighted by Crippen LogP contribution is 2.22. The molecule has 0 aliphatic heterocycles. The lowest BCUT2D eigenvalue weighted by Gasteiger charge is -2.06. The number of carbonyl (C=O) groups excluding carboxylic acids is 1. The fraction of sp³-hybridized carbons (Fsp3) is 0. The van der Waals surface area contributed by atoms with Crippen molar-refractivity contribution in [3.63, 3.8) is 0 Å². The second-order valence-electron chi connectivity index (χ2n) is 4.18. The maximum absolute atomic E-state index is 12.5. The van der Waals surface area contributed by atoms with Crippen LogP contribution in [0.5, 0.6) is 0 Å². The van der Waals surface area contributed by atoms with Crippen LogP contribution in [-0.2, 0) is 10.0 Å². The number of fused-ring (bicyclic) bond motifs is 1. The Kier molecular flexibility index (Phi) is 2.87. The Labute approximate surface area is 115 Å². The van der Waals surface area contributed by atoms with Gasteiger partial charge in [-0.15, -0.1) is 0 Å². The number of rotatable bonds is 3. The van der Waals surface area contributed by atoms with E-state index in [9.17, 15) is 13.2 Å². The summed E-state index contributed by atoms with van der Waals surface area (Å²) < 4.78 is 26.2. The Morgan fingerprint density at radius 2 is 1.80 bits per heavy atom. The molecular formula is C14H10N2O3S. The summed E-state index contributed by atoms with van der Waals surface area (Å²) in [4.78, 5) is 15.2.